The van der Waals surface area contributed by atoms with Gasteiger partial charge in [-0.2, -0.15) is 0 Å². The summed E-state index contributed by atoms with van der Waals surface area (Å²) >= 11 is 1.43. The van der Waals surface area contributed by atoms with E-state index in [1.807, 2.05) is 4.90 Å². The van der Waals surface area contributed by atoms with E-state index in [9.17, 15) is 14.9 Å². The lowest BCUT2D eigenvalue weighted by Crippen LogP contribution is -2.42. The summed E-state index contributed by atoms with van der Waals surface area (Å²) in [6, 6.07) is 6.65. The van der Waals surface area contributed by atoms with Gasteiger partial charge >= 0.3 is 0 Å². The Morgan fingerprint density at radius 2 is 2.10 bits per heavy atom. The van der Waals surface area contributed by atoms with Gasteiger partial charge in [-0.1, -0.05) is 0 Å². The minimum Gasteiger partial charge on any atom is -0.339 e. The molecule has 2 rings (SSSR count). The van der Waals surface area contributed by atoms with Crippen LogP contribution in [0.15, 0.2) is 29.2 Å². The zero-order valence-corrected chi connectivity index (χ0v) is 12.3. The third kappa shape index (κ3) is 3.72. The number of likely N-dealkylation sites (tertiary alicyclic amines) is 1. The van der Waals surface area contributed by atoms with Crippen molar-refractivity contribution in [3.05, 3.63) is 34.4 Å². The molecule has 1 amide bonds. The molecular weight excluding hydrogens is 276 g/mol. The van der Waals surface area contributed by atoms with Crippen LogP contribution >= 0.6 is 11.8 Å². The lowest BCUT2D eigenvalue weighted by atomic mass is 10.0. The number of nitro groups is 1. The molecule has 1 aliphatic heterocycles. The molecule has 0 N–H and O–H groups in total. The number of amides is 1. The summed E-state index contributed by atoms with van der Waals surface area (Å²) in [6.07, 6.45) is 3.35. The van der Waals surface area contributed by atoms with E-state index in [1.54, 1.807) is 12.1 Å². The number of nitrogens with zero attached hydrogens (tertiary/aromatic N) is 2. The molecule has 1 heterocycles. The summed E-state index contributed by atoms with van der Waals surface area (Å²) in [5.74, 6) is 0.544. The summed E-state index contributed by atoms with van der Waals surface area (Å²) in [5, 5.41) is 10.6. The zero-order valence-electron chi connectivity index (χ0n) is 11.4. The lowest BCUT2D eigenvalue weighted by molar-refractivity contribution is -0.384. The van der Waals surface area contributed by atoms with Crippen LogP contribution in [0, 0.1) is 10.1 Å². The zero-order chi connectivity index (χ0) is 14.5. The van der Waals surface area contributed by atoms with Crippen LogP contribution in [0.25, 0.3) is 0 Å². The predicted molar refractivity (Wildman–Crippen MR) is 78.8 cm³/mol. The van der Waals surface area contributed by atoms with Gasteiger partial charge in [0, 0.05) is 29.6 Å². The highest BCUT2D eigenvalue weighted by atomic mass is 32.2. The van der Waals surface area contributed by atoms with E-state index in [-0.39, 0.29) is 11.6 Å². The number of benzene rings is 1. The number of carbonyl (C=O) groups is 1. The van der Waals surface area contributed by atoms with Gasteiger partial charge in [-0.05, 0) is 38.3 Å². The molecule has 0 aromatic heterocycles. The number of rotatable bonds is 4. The maximum Gasteiger partial charge on any atom is 0.269 e. The van der Waals surface area contributed by atoms with Crippen molar-refractivity contribution in [3.63, 3.8) is 0 Å². The summed E-state index contributed by atoms with van der Waals surface area (Å²) < 4.78 is 0. The van der Waals surface area contributed by atoms with Gasteiger partial charge in [0.15, 0.2) is 0 Å². The van der Waals surface area contributed by atoms with E-state index >= 15 is 0 Å². The Labute approximate surface area is 122 Å². The van der Waals surface area contributed by atoms with Crippen LogP contribution in [0.1, 0.15) is 26.2 Å². The molecule has 1 aromatic carbocycles. The van der Waals surface area contributed by atoms with E-state index < -0.39 is 4.92 Å². The number of nitro benzene ring substituents is 1. The summed E-state index contributed by atoms with van der Waals surface area (Å²) in [6.45, 7) is 2.94. The first-order chi connectivity index (χ1) is 9.58. The Morgan fingerprint density at radius 1 is 1.40 bits per heavy atom. The Bertz CT molecular complexity index is 490. The van der Waals surface area contributed by atoms with Crippen LogP contribution in [-0.4, -0.2) is 34.1 Å². The third-order valence-corrected chi connectivity index (χ3v) is 4.53. The van der Waals surface area contributed by atoms with Crippen LogP contribution in [0.5, 0.6) is 0 Å². The SMILES string of the molecule is CC1CCCCN1C(=O)CSc1ccc([N+](=O)[O-])cc1. The minimum absolute atomic E-state index is 0.0744. The van der Waals surface area contributed by atoms with Crippen LogP contribution in [0.3, 0.4) is 0 Å². The first kappa shape index (κ1) is 14.8. The van der Waals surface area contributed by atoms with Crippen molar-refractivity contribution < 1.29 is 9.72 Å². The Morgan fingerprint density at radius 3 is 2.70 bits per heavy atom. The monoisotopic (exact) mass is 294 g/mol. The average molecular weight is 294 g/mol. The van der Waals surface area contributed by atoms with Crippen molar-refractivity contribution in [3.8, 4) is 0 Å². The van der Waals surface area contributed by atoms with Gasteiger partial charge in [0.25, 0.3) is 5.69 Å². The Balaban J connectivity index is 1.88. The molecule has 108 valence electrons. The van der Waals surface area contributed by atoms with Gasteiger partial charge in [0.05, 0.1) is 10.7 Å². The molecule has 0 bridgehead atoms. The smallest absolute Gasteiger partial charge is 0.269 e. The molecule has 1 unspecified atom stereocenters. The molecule has 0 saturated carbocycles. The number of carbonyl (C=O) groups excluding carboxylic acids is 1. The van der Waals surface area contributed by atoms with Crippen LogP contribution < -0.4 is 0 Å². The average Bonchev–Trinajstić information content (AvgIpc) is 2.45. The quantitative estimate of drug-likeness (QED) is 0.486. The summed E-state index contributed by atoms with van der Waals surface area (Å²) in [5.41, 5.74) is 0.0744. The number of hydrogen-bond acceptors (Lipinski definition) is 4. The van der Waals surface area contributed by atoms with E-state index in [1.165, 1.54) is 30.3 Å². The van der Waals surface area contributed by atoms with Gasteiger partial charge in [-0.3, -0.25) is 14.9 Å². The van der Waals surface area contributed by atoms with E-state index in [2.05, 4.69) is 6.92 Å². The van der Waals surface area contributed by atoms with Crippen molar-refractivity contribution in [1.82, 2.24) is 4.90 Å². The molecule has 1 aliphatic rings. The predicted octanol–water partition coefficient (Wildman–Crippen LogP) is 3.09. The molecule has 5 nitrogen and oxygen atoms in total. The van der Waals surface area contributed by atoms with Gasteiger partial charge in [-0.15, -0.1) is 11.8 Å². The third-order valence-electron chi connectivity index (χ3n) is 3.53. The van der Waals surface area contributed by atoms with Crippen molar-refractivity contribution >= 4 is 23.4 Å². The maximum atomic E-state index is 12.2. The van der Waals surface area contributed by atoms with Crippen LogP contribution in [0.4, 0.5) is 5.69 Å². The van der Waals surface area contributed by atoms with Crippen molar-refractivity contribution in [1.29, 1.82) is 0 Å². The van der Waals surface area contributed by atoms with Crippen LogP contribution in [0.2, 0.25) is 0 Å². The highest BCUT2D eigenvalue weighted by molar-refractivity contribution is 8.00. The van der Waals surface area contributed by atoms with Crippen molar-refractivity contribution in [2.45, 2.75) is 37.1 Å². The minimum atomic E-state index is -0.422. The second-order valence-electron chi connectivity index (χ2n) is 4.97. The molecule has 0 spiro atoms. The molecule has 1 aromatic rings. The number of thioether (sulfide) groups is 1. The van der Waals surface area contributed by atoms with E-state index in [4.69, 9.17) is 0 Å². The standard InChI is InChI=1S/C14H18N2O3S/c1-11-4-2-3-9-15(11)14(17)10-20-13-7-5-12(6-8-13)16(18)19/h5-8,11H,2-4,9-10H2,1H3. The molecule has 0 radical (unpaired) electrons. The highest BCUT2D eigenvalue weighted by Gasteiger charge is 2.22. The van der Waals surface area contributed by atoms with Gasteiger partial charge in [0.2, 0.25) is 5.91 Å². The number of non-ortho nitro benzene ring substituents is 1. The number of hydrogen-bond donors (Lipinski definition) is 0. The fraction of sp³-hybridized carbons (Fsp3) is 0.500. The van der Waals surface area contributed by atoms with E-state index in [0.29, 0.717) is 11.8 Å². The van der Waals surface area contributed by atoms with Gasteiger partial charge in [0.1, 0.15) is 0 Å². The largest absolute Gasteiger partial charge is 0.339 e. The second-order valence-corrected chi connectivity index (χ2v) is 6.02. The van der Waals surface area contributed by atoms with Crippen molar-refractivity contribution in [2.24, 2.45) is 0 Å². The van der Waals surface area contributed by atoms with Crippen molar-refractivity contribution in [2.75, 3.05) is 12.3 Å². The summed E-state index contributed by atoms with van der Waals surface area (Å²) in [7, 11) is 0. The maximum absolute atomic E-state index is 12.2. The molecular formula is C14H18N2O3S. The molecule has 1 saturated heterocycles. The fourth-order valence-electron chi connectivity index (χ4n) is 2.36. The second kappa shape index (κ2) is 6.74. The number of piperidine rings is 1. The van der Waals surface area contributed by atoms with Crippen LogP contribution in [-0.2, 0) is 4.79 Å². The fourth-order valence-corrected chi connectivity index (χ4v) is 3.15. The molecule has 1 fully saturated rings. The molecule has 0 aliphatic carbocycles. The first-order valence-electron chi connectivity index (χ1n) is 6.74. The molecule has 6 heteroatoms. The lowest BCUT2D eigenvalue weighted by Gasteiger charge is -2.33. The molecule has 20 heavy (non-hydrogen) atoms. The highest BCUT2D eigenvalue weighted by Crippen LogP contribution is 2.23. The Hall–Kier alpha value is -1.56. The van der Waals surface area contributed by atoms with E-state index in [0.717, 1.165) is 24.3 Å². The van der Waals surface area contributed by atoms with Gasteiger partial charge < -0.3 is 4.90 Å². The first-order valence-corrected chi connectivity index (χ1v) is 7.73. The normalized spacial score (nSPS) is 18.9. The topological polar surface area (TPSA) is 63.5 Å². The summed E-state index contributed by atoms with van der Waals surface area (Å²) in [4.78, 5) is 25.1. The van der Waals surface area contributed by atoms with Gasteiger partial charge in [-0.25, -0.2) is 0 Å². The Kier molecular flexibility index (Phi) is 5.00. The molecule has 1 atom stereocenters.